The lowest BCUT2D eigenvalue weighted by atomic mass is 9.98. The van der Waals surface area contributed by atoms with Crippen molar-refractivity contribution in [3.8, 4) is 0 Å². The van der Waals surface area contributed by atoms with Crippen LogP contribution in [-0.2, 0) is 4.79 Å². The minimum atomic E-state index is -0.723. The first-order valence-corrected chi connectivity index (χ1v) is 6.81. The molecule has 0 bridgehead atoms. The zero-order valence-electron chi connectivity index (χ0n) is 11.2. The van der Waals surface area contributed by atoms with Crippen molar-refractivity contribution in [1.82, 2.24) is 10.2 Å². The number of carbonyl (C=O) groups excluding carboxylic acids is 1. The molecule has 0 aliphatic heterocycles. The van der Waals surface area contributed by atoms with Gasteiger partial charge in [-0.05, 0) is 25.9 Å². The number of amides is 1. The van der Waals surface area contributed by atoms with E-state index in [1.54, 1.807) is 0 Å². The van der Waals surface area contributed by atoms with E-state index >= 15 is 0 Å². The van der Waals surface area contributed by atoms with E-state index in [1.165, 1.54) is 0 Å². The highest BCUT2D eigenvalue weighted by molar-refractivity contribution is 5.77. The van der Waals surface area contributed by atoms with Gasteiger partial charge in [-0.1, -0.05) is 26.7 Å². The molecule has 100 valence electrons. The SMILES string of the molecule is CCN(CC)CCNC(=O)CC1(O)CCCC1. The highest BCUT2D eigenvalue weighted by Crippen LogP contribution is 2.31. The van der Waals surface area contributed by atoms with Crippen molar-refractivity contribution in [2.75, 3.05) is 26.2 Å². The van der Waals surface area contributed by atoms with E-state index in [4.69, 9.17) is 0 Å². The number of likely N-dealkylation sites (N-methyl/N-ethyl adjacent to an activating group) is 1. The second kappa shape index (κ2) is 6.97. The highest BCUT2D eigenvalue weighted by Gasteiger charge is 2.33. The topological polar surface area (TPSA) is 52.6 Å². The van der Waals surface area contributed by atoms with Crippen LogP contribution in [-0.4, -0.2) is 47.7 Å². The van der Waals surface area contributed by atoms with Crippen LogP contribution >= 0.6 is 0 Å². The summed E-state index contributed by atoms with van der Waals surface area (Å²) in [6.45, 7) is 7.82. The van der Waals surface area contributed by atoms with Crippen molar-refractivity contribution in [3.05, 3.63) is 0 Å². The molecule has 0 spiro atoms. The molecule has 0 unspecified atom stereocenters. The predicted molar refractivity (Wildman–Crippen MR) is 68.8 cm³/mol. The molecule has 1 fully saturated rings. The smallest absolute Gasteiger partial charge is 0.222 e. The van der Waals surface area contributed by atoms with Crippen LogP contribution in [0.25, 0.3) is 0 Å². The van der Waals surface area contributed by atoms with Crippen molar-refractivity contribution in [2.24, 2.45) is 0 Å². The summed E-state index contributed by atoms with van der Waals surface area (Å²) in [5.41, 5.74) is -0.723. The number of aliphatic hydroxyl groups is 1. The normalized spacial score (nSPS) is 18.6. The molecule has 0 heterocycles. The summed E-state index contributed by atoms with van der Waals surface area (Å²) in [5, 5.41) is 13.0. The maximum atomic E-state index is 11.7. The van der Waals surface area contributed by atoms with Gasteiger partial charge in [0.1, 0.15) is 0 Å². The quantitative estimate of drug-likeness (QED) is 0.704. The largest absolute Gasteiger partial charge is 0.389 e. The second-order valence-electron chi connectivity index (χ2n) is 4.99. The molecule has 4 nitrogen and oxygen atoms in total. The van der Waals surface area contributed by atoms with E-state index in [0.29, 0.717) is 6.54 Å². The Kier molecular flexibility index (Phi) is 5.92. The number of rotatable bonds is 7. The number of hydrogen-bond donors (Lipinski definition) is 2. The molecule has 1 amide bonds. The lowest BCUT2D eigenvalue weighted by molar-refractivity contribution is -0.125. The summed E-state index contributed by atoms with van der Waals surface area (Å²) in [6, 6.07) is 0. The standard InChI is InChI=1S/C13H26N2O2/c1-3-15(4-2)10-9-14-12(16)11-13(17)7-5-6-8-13/h17H,3-11H2,1-2H3,(H,14,16). The van der Waals surface area contributed by atoms with Crippen LogP contribution in [0.4, 0.5) is 0 Å². The van der Waals surface area contributed by atoms with Gasteiger partial charge in [0.05, 0.1) is 12.0 Å². The van der Waals surface area contributed by atoms with Crippen molar-refractivity contribution >= 4 is 5.91 Å². The maximum absolute atomic E-state index is 11.7. The lowest BCUT2D eigenvalue weighted by Crippen LogP contribution is -2.38. The number of nitrogens with one attached hydrogen (secondary N) is 1. The maximum Gasteiger partial charge on any atom is 0.222 e. The number of nitrogens with zero attached hydrogens (tertiary/aromatic N) is 1. The van der Waals surface area contributed by atoms with Crippen molar-refractivity contribution in [3.63, 3.8) is 0 Å². The van der Waals surface area contributed by atoms with Gasteiger partial charge in [-0.2, -0.15) is 0 Å². The molecule has 0 radical (unpaired) electrons. The zero-order valence-corrected chi connectivity index (χ0v) is 11.2. The van der Waals surface area contributed by atoms with Crippen molar-refractivity contribution in [2.45, 2.75) is 51.6 Å². The fourth-order valence-corrected chi connectivity index (χ4v) is 2.46. The van der Waals surface area contributed by atoms with Crippen LogP contribution in [0.1, 0.15) is 46.0 Å². The molecule has 0 saturated heterocycles. The molecule has 4 heteroatoms. The zero-order chi connectivity index (χ0) is 12.7. The van der Waals surface area contributed by atoms with Gasteiger partial charge in [0.25, 0.3) is 0 Å². The minimum absolute atomic E-state index is 0.0124. The number of hydrogen-bond acceptors (Lipinski definition) is 3. The fourth-order valence-electron chi connectivity index (χ4n) is 2.46. The molecular weight excluding hydrogens is 216 g/mol. The summed E-state index contributed by atoms with van der Waals surface area (Å²) in [4.78, 5) is 13.9. The molecule has 0 aromatic carbocycles. The van der Waals surface area contributed by atoms with E-state index in [2.05, 4.69) is 24.1 Å². The van der Waals surface area contributed by atoms with Gasteiger partial charge < -0.3 is 15.3 Å². The molecule has 17 heavy (non-hydrogen) atoms. The molecule has 0 atom stereocenters. The first-order chi connectivity index (χ1) is 8.09. The Morgan fingerprint density at radius 1 is 1.29 bits per heavy atom. The van der Waals surface area contributed by atoms with E-state index < -0.39 is 5.60 Å². The van der Waals surface area contributed by atoms with Crippen LogP contribution in [0.5, 0.6) is 0 Å². The van der Waals surface area contributed by atoms with Gasteiger partial charge in [0, 0.05) is 13.1 Å². The summed E-state index contributed by atoms with van der Waals surface area (Å²) in [5.74, 6) is -0.0124. The van der Waals surface area contributed by atoms with Crippen molar-refractivity contribution in [1.29, 1.82) is 0 Å². The predicted octanol–water partition coefficient (Wildman–Crippen LogP) is 1.14. The fraction of sp³-hybridized carbons (Fsp3) is 0.923. The van der Waals surface area contributed by atoms with Gasteiger partial charge in [-0.15, -0.1) is 0 Å². The Morgan fingerprint density at radius 2 is 1.88 bits per heavy atom. The lowest BCUT2D eigenvalue weighted by Gasteiger charge is -2.22. The molecule has 1 saturated carbocycles. The third-order valence-corrected chi connectivity index (χ3v) is 3.67. The summed E-state index contributed by atoms with van der Waals surface area (Å²) >= 11 is 0. The molecule has 1 aliphatic rings. The third kappa shape index (κ3) is 5.04. The highest BCUT2D eigenvalue weighted by atomic mass is 16.3. The molecule has 0 aromatic heterocycles. The van der Waals surface area contributed by atoms with Gasteiger partial charge in [0.2, 0.25) is 5.91 Å². The monoisotopic (exact) mass is 242 g/mol. The average Bonchev–Trinajstić information content (AvgIpc) is 2.71. The van der Waals surface area contributed by atoms with E-state index in [9.17, 15) is 9.90 Å². The Hall–Kier alpha value is -0.610. The van der Waals surface area contributed by atoms with E-state index in [-0.39, 0.29) is 12.3 Å². The van der Waals surface area contributed by atoms with Gasteiger partial charge in [0.15, 0.2) is 0 Å². The average molecular weight is 242 g/mol. The van der Waals surface area contributed by atoms with E-state index in [1.807, 2.05) is 0 Å². The van der Waals surface area contributed by atoms with Crippen LogP contribution in [0, 0.1) is 0 Å². The summed E-state index contributed by atoms with van der Waals surface area (Å²) in [6.07, 6.45) is 3.91. The second-order valence-corrected chi connectivity index (χ2v) is 4.99. The van der Waals surface area contributed by atoms with Crippen LogP contribution in [0.2, 0.25) is 0 Å². The Balaban J connectivity index is 2.17. The number of carbonyl (C=O) groups is 1. The van der Waals surface area contributed by atoms with Gasteiger partial charge in [-0.3, -0.25) is 4.79 Å². The van der Waals surface area contributed by atoms with Gasteiger partial charge >= 0.3 is 0 Å². The van der Waals surface area contributed by atoms with Crippen molar-refractivity contribution < 1.29 is 9.90 Å². The Morgan fingerprint density at radius 3 is 2.41 bits per heavy atom. The first kappa shape index (κ1) is 14.5. The molecule has 1 rings (SSSR count). The Labute approximate surface area is 104 Å². The molecule has 1 aliphatic carbocycles. The van der Waals surface area contributed by atoms with Crippen LogP contribution < -0.4 is 5.32 Å². The molecule has 2 N–H and O–H groups in total. The first-order valence-electron chi connectivity index (χ1n) is 6.81. The van der Waals surface area contributed by atoms with Crippen LogP contribution in [0.3, 0.4) is 0 Å². The molecular formula is C13H26N2O2. The minimum Gasteiger partial charge on any atom is -0.389 e. The van der Waals surface area contributed by atoms with E-state index in [0.717, 1.165) is 45.3 Å². The summed E-state index contributed by atoms with van der Waals surface area (Å²) < 4.78 is 0. The summed E-state index contributed by atoms with van der Waals surface area (Å²) in [7, 11) is 0. The molecule has 0 aromatic rings. The third-order valence-electron chi connectivity index (χ3n) is 3.67. The Bertz CT molecular complexity index is 234. The van der Waals surface area contributed by atoms with Crippen LogP contribution in [0.15, 0.2) is 0 Å². The van der Waals surface area contributed by atoms with Gasteiger partial charge in [-0.25, -0.2) is 0 Å².